The summed E-state index contributed by atoms with van der Waals surface area (Å²) >= 11 is 0. The number of aliphatic hydroxyl groups excluding tert-OH is 1. The SMILES string of the molecule is O=[N+]([O-])c1cc(CC(O)CN2CCC(c3ccccc3)CC2)ccc1C1CCCCC1. The molecule has 1 unspecified atom stereocenters. The summed E-state index contributed by atoms with van der Waals surface area (Å²) in [6.45, 7) is 2.59. The Morgan fingerprint density at radius 2 is 1.68 bits per heavy atom. The van der Waals surface area contributed by atoms with Crippen LogP contribution in [0.2, 0.25) is 0 Å². The van der Waals surface area contributed by atoms with E-state index in [9.17, 15) is 15.2 Å². The lowest BCUT2D eigenvalue weighted by molar-refractivity contribution is -0.385. The maximum atomic E-state index is 11.7. The van der Waals surface area contributed by atoms with Crippen molar-refractivity contribution in [2.24, 2.45) is 0 Å². The monoisotopic (exact) mass is 422 g/mol. The fourth-order valence-electron chi connectivity index (χ4n) is 5.44. The van der Waals surface area contributed by atoms with Crippen LogP contribution in [0.15, 0.2) is 48.5 Å². The fourth-order valence-corrected chi connectivity index (χ4v) is 5.44. The number of nitrogens with zero attached hydrogens (tertiary/aromatic N) is 2. The highest BCUT2D eigenvalue weighted by Crippen LogP contribution is 2.38. The first kappa shape index (κ1) is 22.0. The molecular weight excluding hydrogens is 388 g/mol. The van der Waals surface area contributed by atoms with Gasteiger partial charge in [0.05, 0.1) is 11.0 Å². The molecule has 1 saturated heterocycles. The second-order valence-electron chi connectivity index (χ2n) is 9.33. The van der Waals surface area contributed by atoms with E-state index in [-0.39, 0.29) is 10.6 Å². The number of β-amino-alcohol motifs (C(OH)–C–C–N with tert-alkyl or cyclic N) is 1. The van der Waals surface area contributed by atoms with Gasteiger partial charge in [0.1, 0.15) is 0 Å². The topological polar surface area (TPSA) is 66.6 Å². The molecule has 0 radical (unpaired) electrons. The molecule has 0 aromatic heterocycles. The summed E-state index contributed by atoms with van der Waals surface area (Å²) < 4.78 is 0. The molecule has 1 atom stereocenters. The molecule has 166 valence electrons. The van der Waals surface area contributed by atoms with Crippen molar-refractivity contribution in [3.63, 3.8) is 0 Å². The standard InChI is InChI=1S/C26H34N2O3/c29-24(19-27-15-13-22(14-16-27)21-7-3-1-4-8-21)17-20-11-12-25(26(18-20)28(30)31)23-9-5-2-6-10-23/h1,3-4,7-8,11-12,18,22-24,29H,2,5-6,9-10,13-17,19H2. The number of likely N-dealkylation sites (tertiary alicyclic amines) is 1. The molecule has 2 aliphatic rings. The highest BCUT2D eigenvalue weighted by atomic mass is 16.6. The van der Waals surface area contributed by atoms with Crippen LogP contribution in [0, 0.1) is 10.1 Å². The summed E-state index contributed by atoms with van der Waals surface area (Å²) in [5.74, 6) is 0.906. The number of aliphatic hydroxyl groups is 1. The summed E-state index contributed by atoms with van der Waals surface area (Å²) in [4.78, 5) is 13.8. The fraction of sp³-hybridized carbons (Fsp3) is 0.538. The van der Waals surface area contributed by atoms with Gasteiger partial charge in [-0.3, -0.25) is 10.1 Å². The first-order valence-electron chi connectivity index (χ1n) is 11.8. The third-order valence-electron chi connectivity index (χ3n) is 7.14. The predicted molar refractivity (Wildman–Crippen MR) is 123 cm³/mol. The first-order valence-corrected chi connectivity index (χ1v) is 11.8. The van der Waals surface area contributed by atoms with Crippen molar-refractivity contribution in [3.8, 4) is 0 Å². The lowest BCUT2D eigenvalue weighted by atomic mass is 9.83. The quantitative estimate of drug-likeness (QED) is 0.477. The molecule has 2 aromatic carbocycles. The zero-order valence-corrected chi connectivity index (χ0v) is 18.3. The van der Waals surface area contributed by atoms with Crippen LogP contribution in [0.1, 0.15) is 73.5 Å². The molecular formula is C26H34N2O3. The van der Waals surface area contributed by atoms with Crippen LogP contribution in [0.4, 0.5) is 5.69 Å². The minimum atomic E-state index is -0.506. The second kappa shape index (κ2) is 10.4. The average Bonchev–Trinajstić information content (AvgIpc) is 2.80. The maximum absolute atomic E-state index is 11.7. The van der Waals surface area contributed by atoms with E-state index < -0.39 is 6.10 Å². The number of benzene rings is 2. The summed E-state index contributed by atoms with van der Waals surface area (Å²) in [6.07, 6.45) is 7.81. The van der Waals surface area contributed by atoms with E-state index in [0.29, 0.717) is 24.8 Å². The van der Waals surface area contributed by atoms with Crippen molar-refractivity contribution in [2.45, 2.75) is 69.3 Å². The Morgan fingerprint density at radius 3 is 2.35 bits per heavy atom. The summed E-state index contributed by atoms with van der Waals surface area (Å²) in [5, 5.41) is 22.4. The molecule has 2 fully saturated rings. The van der Waals surface area contributed by atoms with Crippen molar-refractivity contribution in [3.05, 3.63) is 75.3 Å². The van der Waals surface area contributed by atoms with Gasteiger partial charge in [-0.1, -0.05) is 61.7 Å². The maximum Gasteiger partial charge on any atom is 0.273 e. The van der Waals surface area contributed by atoms with Crippen molar-refractivity contribution in [2.75, 3.05) is 19.6 Å². The third kappa shape index (κ3) is 5.72. The number of hydrogen-bond acceptors (Lipinski definition) is 4. The van der Waals surface area contributed by atoms with Crippen LogP contribution in [0.3, 0.4) is 0 Å². The molecule has 0 amide bonds. The number of nitro groups is 1. The van der Waals surface area contributed by atoms with E-state index in [0.717, 1.165) is 62.7 Å². The van der Waals surface area contributed by atoms with E-state index in [1.54, 1.807) is 6.07 Å². The molecule has 2 aromatic rings. The van der Waals surface area contributed by atoms with Gasteiger partial charge in [-0.25, -0.2) is 0 Å². The molecule has 1 N–H and O–H groups in total. The minimum Gasteiger partial charge on any atom is -0.391 e. The van der Waals surface area contributed by atoms with Crippen LogP contribution < -0.4 is 0 Å². The second-order valence-corrected chi connectivity index (χ2v) is 9.33. The Labute approximate surface area is 185 Å². The molecule has 4 rings (SSSR count). The van der Waals surface area contributed by atoms with E-state index in [4.69, 9.17) is 0 Å². The third-order valence-corrected chi connectivity index (χ3v) is 7.14. The summed E-state index contributed by atoms with van der Waals surface area (Å²) in [7, 11) is 0. The molecule has 5 nitrogen and oxygen atoms in total. The van der Waals surface area contributed by atoms with E-state index in [1.165, 1.54) is 12.0 Å². The van der Waals surface area contributed by atoms with Gasteiger partial charge in [-0.05, 0) is 68.2 Å². The van der Waals surface area contributed by atoms with Gasteiger partial charge >= 0.3 is 0 Å². The molecule has 1 heterocycles. The predicted octanol–water partition coefficient (Wildman–Crippen LogP) is 5.43. The Bertz CT molecular complexity index is 856. The largest absolute Gasteiger partial charge is 0.391 e. The number of nitro benzene ring substituents is 1. The number of piperidine rings is 1. The molecule has 31 heavy (non-hydrogen) atoms. The van der Waals surface area contributed by atoms with Gasteiger partial charge in [0.2, 0.25) is 0 Å². The zero-order valence-electron chi connectivity index (χ0n) is 18.3. The molecule has 0 spiro atoms. The van der Waals surface area contributed by atoms with Gasteiger partial charge in [0.25, 0.3) is 5.69 Å². The highest BCUT2D eigenvalue weighted by Gasteiger charge is 2.26. The van der Waals surface area contributed by atoms with Gasteiger partial charge in [-0.2, -0.15) is 0 Å². The lowest BCUT2D eigenvalue weighted by Crippen LogP contribution is -2.39. The van der Waals surface area contributed by atoms with Crippen LogP contribution >= 0.6 is 0 Å². The molecule has 0 bridgehead atoms. The Balaban J connectivity index is 1.32. The number of rotatable bonds is 7. The van der Waals surface area contributed by atoms with Gasteiger partial charge in [0.15, 0.2) is 0 Å². The van der Waals surface area contributed by atoms with E-state index >= 15 is 0 Å². The van der Waals surface area contributed by atoms with Crippen molar-refractivity contribution in [1.29, 1.82) is 0 Å². The molecule has 1 saturated carbocycles. The Morgan fingerprint density at radius 1 is 0.968 bits per heavy atom. The van der Waals surface area contributed by atoms with E-state index in [1.807, 2.05) is 12.1 Å². The van der Waals surface area contributed by atoms with Crippen LogP contribution in [0.25, 0.3) is 0 Å². The molecule has 5 heteroatoms. The normalized spacial score (nSPS) is 19.9. The van der Waals surface area contributed by atoms with Crippen LogP contribution in [0.5, 0.6) is 0 Å². The zero-order chi connectivity index (χ0) is 21.6. The highest BCUT2D eigenvalue weighted by molar-refractivity contribution is 5.46. The Kier molecular flexibility index (Phi) is 7.36. The van der Waals surface area contributed by atoms with E-state index in [2.05, 4.69) is 35.2 Å². The smallest absolute Gasteiger partial charge is 0.273 e. The number of hydrogen-bond donors (Lipinski definition) is 1. The minimum absolute atomic E-state index is 0.236. The Hall–Kier alpha value is -2.24. The summed E-state index contributed by atoms with van der Waals surface area (Å²) in [6, 6.07) is 16.3. The van der Waals surface area contributed by atoms with Gasteiger partial charge < -0.3 is 10.0 Å². The average molecular weight is 423 g/mol. The molecule has 1 aliphatic carbocycles. The van der Waals surface area contributed by atoms with Crippen molar-refractivity contribution >= 4 is 5.69 Å². The van der Waals surface area contributed by atoms with Crippen molar-refractivity contribution in [1.82, 2.24) is 4.90 Å². The lowest BCUT2D eigenvalue weighted by Gasteiger charge is -2.33. The molecule has 1 aliphatic heterocycles. The van der Waals surface area contributed by atoms with Gasteiger partial charge in [-0.15, -0.1) is 0 Å². The van der Waals surface area contributed by atoms with Crippen LogP contribution in [-0.2, 0) is 6.42 Å². The van der Waals surface area contributed by atoms with Crippen molar-refractivity contribution < 1.29 is 10.0 Å². The van der Waals surface area contributed by atoms with Gasteiger partial charge in [0, 0.05) is 18.2 Å². The summed E-state index contributed by atoms with van der Waals surface area (Å²) in [5.41, 5.74) is 3.39. The first-order chi connectivity index (χ1) is 15.1. The van der Waals surface area contributed by atoms with Crippen LogP contribution in [-0.4, -0.2) is 40.7 Å².